The molecule has 0 spiro atoms. The minimum Gasteiger partial charge on any atom is -0.480 e. The summed E-state index contributed by atoms with van der Waals surface area (Å²) in [6.07, 6.45) is 1.28. The van der Waals surface area contributed by atoms with Gasteiger partial charge in [0.05, 0.1) is 0 Å². The van der Waals surface area contributed by atoms with Crippen LogP contribution in [0, 0.1) is 5.92 Å². The second-order valence-corrected chi connectivity index (χ2v) is 4.77. The number of nitrogens with zero attached hydrogens (tertiary/aromatic N) is 2. The summed E-state index contributed by atoms with van der Waals surface area (Å²) in [6, 6.07) is 0. The fourth-order valence-corrected chi connectivity index (χ4v) is 2.06. The van der Waals surface area contributed by atoms with Gasteiger partial charge in [0, 0.05) is 33.1 Å². The van der Waals surface area contributed by atoms with Gasteiger partial charge in [-0.15, -0.1) is 0 Å². The molecule has 0 bridgehead atoms. The van der Waals surface area contributed by atoms with Gasteiger partial charge in [-0.25, -0.2) is 4.79 Å². The third-order valence-corrected chi connectivity index (χ3v) is 3.09. The lowest BCUT2D eigenvalue weighted by Crippen LogP contribution is -2.44. The maximum absolute atomic E-state index is 11.8. The lowest BCUT2D eigenvalue weighted by atomic mass is 9.95. The Kier molecular flexibility index (Phi) is 5.75. The number of carboxylic acid groups (broad SMARTS) is 1. The van der Waals surface area contributed by atoms with Crippen molar-refractivity contribution >= 4 is 17.8 Å². The van der Waals surface area contributed by atoms with Crippen molar-refractivity contribution in [3.8, 4) is 0 Å². The van der Waals surface area contributed by atoms with Gasteiger partial charge in [0.25, 0.3) is 0 Å². The molecule has 2 amide bonds. The fourth-order valence-electron chi connectivity index (χ4n) is 2.06. The Morgan fingerprint density at radius 3 is 2.26 bits per heavy atom. The highest BCUT2D eigenvalue weighted by Gasteiger charge is 2.28. The van der Waals surface area contributed by atoms with E-state index in [4.69, 9.17) is 9.84 Å². The largest absolute Gasteiger partial charge is 0.480 e. The number of carbonyl (C=O) groups is 3. The summed E-state index contributed by atoms with van der Waals surface area (Å²) in [7, 11) is 3.44. The molecular formula is C12H20N2O5. The summed E-state index contributed by atoms with van der Waals surface area (Å²) in [6.45, 7) is 0.332. The summed E-state index contributed by atoms with van der Waals surface area (Å²) in [5.41, 5.74) is 0. The molecule has 1 saturated heterocycles. The third kappa shape index (κ3) is 4.86. The van der Waals surface area contributed by atoms with Crippen LogP contribution in [0.3, 0.4) is 0 Å². The monoisotopic (exact) mass is 272 g/mol. The normalized spacial score (nSPS) is 16.2. The predicted molar refractivity (Wildman–Crippen MR) is 66.5 cm³/mol. The van der Waals surface area contributed by atoms with E-state index in [0.29, 0.717) is 25.9 Å². The van der Waals surface area contributed by atoms with E-state index in [1.165, 1.54) is 0 Å². The van der Waals surface area contributed by atoms with E-state index in [1.54, 1.807) is 23.9 Å². The number of likely N-dealkylation sites (tertiary alicyclic amines) is 1. The Hall–Kier alpha value is -1.63. The molecular weight excluding hydrogens is 252 g/mol. The molecule has 1 fully saturated rings. The number of hydrogen-bond donors (Lipinski definition) is 1. The molecule has 0 unspecified atom stereocenters. The van der Waals surface area contributed by atoms with Gasteiger partial charge in [-0.1, -0.05) is 0 Å². The van der Waals surface area contributed by atoms with Crippen molar-refractivity contribution in [1.29, 1.82) is 0 Å². The van der Waals surface area contributed by atoms with Crippen molar-refractivity contribution in [2.45, 2.75) is 12.8 Å². The number of piperidine rings is 1. The predicted octanol–water partition coefficient (Wildman–Crippen LogP) is -0.586. The lowest BCUT2D eigenvalue weighted by molar-refractivity contribution is -0.147. The molecule has 1 N–H and O–H groups in total. The van der Waals surface area contributed by atoms with Gasteiger partial charge in [-0.3, -0.25) is 9.59 Å². The summed E-state index contributed by atoms with van der Waals surface area (Å²) in [4.78, 5) is 36.9. The lowest BCUT2D eigenvalue weighted by Gasteiger charge is -2.32. The van der Waals surface area contributed by atoms with Crippen LogP contribution in [0.4, 0.5) is 0 Å². The molecule has 1 rings (SSSR count). The highest BCUT2D eigenvalue weighted by atomic mass is 16.5. The summed E-state index contributed by atoms with van der Waals surface area (Å²) in [5, 5.41) is 8.39. The zero-order valence-corrected chi connectivity index (χ0v) is 11.3. The molecule has 0 saturated carbocycles. The molecule has 0 aromatic carbocycles. The Balaban J connectivity index is 2.31. The summed E-state index contributed by atoms with van der Waals surface area (Å²) >= 11 is 0. The molecule has 0 radical (unpaired) electrons. The highest BCUT2D eigenvalue weighted by molar-refractivity contribution is 5.80. The maximum atomic E-state index is 11.8. The van der Waals surface area contributed by atoms with Crippen molar-refractivity contribution in [3.63, 3.8) is 0 Å². The smallest absolute Gasteiger partial charge is 0.329 e. The van der Waals surface area contributed by atoms with E-state index in [2.05, 4.69) is 0 Å². The van der Waals surface area contributed by atoms with Crippen LogP contribution in [0.5, 0.6) is 0 Å². The quantitative estimate of drug-likeness (QED) is 0.723. The zero-order chi connectivity index (χ0) is 14.4. The number of carboxylic acids is 1. The van der Waals surface area contributed by atoms with Gasteiger partial charge in [-0.05, 0) is 12.8 Å². The van der Waals surface area contributed by atoms with Gasteiger partial charge in [0.2, 0.25) is 11.8 Å². The molecule has 0 atom stereocenters. The SMILES string of the molecule is CN(C)C(=O)C1CCN(C(=O)COCC(=O)O)CC1. The standard InChI is InChI=1S/C12H20N2O5/c1-13(2)12(18)9-3-5-14(6-4-9)10(15)7-19-8-11(16)17/h9H,3-8H2,1-2H3,(H,16,17). The molecule has 0 aromatic rings. The molecule has 0 aliphatic carbocycles. The first kappa shape index (κ1) is 15.4. The van der Waals surface area contributed by atoms with Crippen LogP contribution in [0.1, 0.15) is 12.8 Å². The van der Waals surface area contributed by atoms with Crippen molar-refractivity contribution in [2.24, 2.45) is 5.92 Å². The second kappa shape index (κ2) is 7.08. The van der Waals surface area contributed by atoms with Gasteiger partial charge in [0.1, 0.15) is 13.2 Å². The van der Waals surface area contributed by atoms with Crippen LogP contribution in [-0.4, -0.2) is 73.1 Å². The second-order valence-electron chi connectivity index (χ2n) is 4.77. The van der Waals surface area contributed by atoms with Gasteiger partial charge < -0.3 is 19.6 Å². The molecule has 19 heavy (non-hydrogen) atoms. The van der Waals surface area contributed by atoms with E-state index >= 15 is 0 Å². The maximum Gasteiger partial charge on any atom is 0.329 e. The zero-order valence-electron chi connectivity index (χ0n) is 11.3. The van der Waals surface area contributed by atoms with Crippen molar-refractivity contribution in [2.75, 3.05) is 40.4 Å². The Morgan fingerprint density at radius 2 is 1.79 bits per heavy atom. The van der Waals surface area contributed by atoms with E-state index < -0.39 is 12.6 Å². The van der Waals surface area contributed by atoms with E-state index in [1.807, 2.05) is 0 Å². The minimum absolute atomic E-state index is 0.0287. The molecule has 7 heteroatoms. The number of amides is 2. The molecule has 0 aromatic heterocycles. The fraction of sp³-hybridized carbons (Fsp3) is 0.750. The molecule has 1 heterocycles. The topological polar surface area (TPSA) is 87.2 Å². The number of carbonyl (C=O) groups excluding carboxylic acids is 2. The molecule has 1 aliphatic heterocycles. The summed E-state index contributed by atoms with van der Waals surface area (Å²) in [5.74, 6) is -1.26. The highest BCUT2D eigenvalue weighted by Crippen LogP contribution is 2.18. The molecule has 7 nitrogen and oxygen atoms in total. The van der Waals surface area contributed by atoms with Crippen molar-refractivity contribution in [3.05, 3.63) is 0 Å². The first-order valence-electron chi connectivity index (χ1n) is 6.20. The Morgan fingerprint density at radius 1 is 1.21 bits per heavy atom. The third-order valence-electron chi connectivity index (χ3n) is 3.09. The van der Waals surface area contributed by atoms with Crippen LogP contribution in [0.2, 0.25) is 0 Å². The number of rotatable bonds is 5. The van der Waals surface area contributed by atoms with Crippen molar-refractivity contribution < 1.29 is 24.2 Å². The van der Waals surface area contributed by atoms with Crippen LogP contribution in [0.25, 0.3) is 0 Å². The minimum atomic E-state index is -1.09. The van der Waals surface area contributed by atoms with E-state index in [0.717, 1.165) is 0 Å². The van der Waals surface area contributed by atoms with Gasteiger partial charge in [-0.2, -0.15) is 0 Å². The first-order valence-corrected chi connectivity index (χ1v) is 6.20. The first-order chi connectivity index (χ1) is 8.91. The Labute approximate surface area is 112 Å². The van der Waals surface area contributed by atoms with Gasteiger partial charge in [0.15, 0.2) is 0 Å². The van der Waals surface area contributed by atoms with Gasteiger partial charge >= 0.3 is 5.97 Å². The van der Waals surface area contributed by atoms with E-state index in [9.17, 15) is 14.4 Å². The Bertz CT molecular complexity index is 348. The van der Waals surface area contributed by atoms with E-state index in [-0.39, 0.29) is 24.3 Å². The van der Waals surface area contributed by atoms with Crippen LogP contribution < -0.4 is 0 Å². The van der Waals surface area contributed by atoms with Crippen molar-refractivity contribution in [1.82, 2.24) is 9.80 Å². The average molecular weight is 272 g/mol. The van der Waals surface area contributed by atoms with Crippen LogP contribution >= 0.6 is 0 Å². The molecule has 1 aliphatic rings. The average Bonchev–Trinajstić information content (AvgIpc) is 2.37. The molecule has 108 valence electrons. The summed E-state index contributed by atoms with van der Waals surface area (Å²) < 4.78 is 4.76. The number of ether oxygens (including phenoxy) is 1. The van der Waals surface area contributed by atoms with Crippen LogP contribution in [0.15, 0.2) is 0 Å². The number of hydrogen-bond acceptors (Lipinski definition) is 4. The van der Waals surface area contributed by atoms with Crippen LogP contribution in [-0.2, 0) is 19.1 Å². The number of aliphatic carboxylic acids is 1.